The van der Waals surface area contributed by atoms with Gasteiger partial charge in [-0.25, -0.2) is 4.79 Å². The lowest BCUT2D eigenvalue weighted by atomic mass is 9.61. The summed E-state index contributed by atoms with van der Waals surface area (Å²) in [7, 11) is 0. The number of rotatable bonds is 14. The highest BCUT2D eigenvalue weighted by molar-refractivity contribution is 5.83. The highest BCUT2D eigenvalue weighted by atomic mass is 19.4. The van der Waals surface area contributed by atoms with E-state index in [0.29, 0.717) is 18.4 Å². The number of benzene rings is 2. The SMILES string of the molecule is CCCCCc1ccc(-c2cc3ccc(OCC(F)(F)C(F)(F)C(F)(F)COC(=O)C(C)(CC(C)(C)C)C(C)(C)C)cc3oc2=O)c(C(F)(F)F)c1. The number of halogens is 9. The van der Waals surface area contributed by atoms with E-state index in [2.05, 4.69) is 4.74 Å². The first-order valence-electron chi connectivity index (χ1n) is 16.8. The zero-order chi connectivity index (χ0) is 39.7. The molecule has 52 heavy (non-hydrogen) atoms. The molecule has 0 amide bonds. The van der Waals surface area contributed by atoms with Gasteiger partial charge in [0.15, 0.2) is 13.2 Å². The van der Waals surface area contributed by atoms with Crippen molar-refractivity contribution < 1.29 is 58.2 Å². The molecule has 0 N–H and O–H groups in total. The van der Waals surface area contributed by atoms with E-state index in [-0.39, 0.29) is 17.4 Å². The van der Waals surface area contributed by atoms with Gasteiger partial charge in [-0.1, -0.05) is 73.4 Å². The monoisotopic (exact) mass is 752 g/mol. The van der Waals surface area contributed by atoms with E-state index in [1.165, 1.54) is 13.0 Å². The minimum Gasteiger partial charge on any atom is -0.487 e. The van der Waals surface area contributed by atoms with Gasteiger partial charge < -0.3 is 13.9 Å². The van der Waals surface area contributed by atoms with E-state index < -0.39 is 87.4 Å². The average molecular weight is 753 g/mol. The molecule has 0 bridgehead atoms. The second-order valence-electron chi connectivity index (χ2n) is 15.6. The number of hydrogen-bond acceptors (Lipinski definition) is 5. The van der Waals surface area contributed by atoms with Crippen LogP contribution in [0.15, 0.2) is 51.7 Å². The molecular formula is C38H45F9O5. The number of hydrogen-bond donors (Lipinski definition) is 0. The van der Waals surface area contributed by atoms with Gasteiger partial charge in [0.05, 0.1) is 16.5 Å². The molecule has 1 atom stereocenters. The molecule has 14 heteroatoms. The van der Waals surface area contributed by atoms with E-state index in [4.69, 9.17) is 9.15 Å². The van der Waals surface area contributed by atoms with E-state index in [1.54, 1.807) is 41.5 Å². The minimum atomic E-state index is -6.05. The van der Waals surface area contributed by atoms with E-state index in [0.717, 1.165) is 49.2 Å². The summed E-state index contributed by atoms with van der Waals surface area (Å²) < 4.78 is 145. The second kappa shape index (κ2) is 15.0. The zero-order valence-electron chi connectivity index (χ0n) is 30.4. The maximum absolute atomic E-state index is 14.8. The predicted molar refractivity (Wildman–Crippen MR) is 179 cm³/mol. The predicted octanol–water partition coefficient (Wildman–Crippen LogP) is 11.5. The first-order chi connectivity index (χ1) is 23.6. The summed E-state index contributed by atoms with van der Waals surface area (Å²) in [6.45, 7) is 9.01. The quantitative estimate of drug-likeness (QED) is 0.0710. The lowest BCUT2D eigenvalue weighted by Crippen LogP contribution is -2.59. The smallest absolute Gasteiger partial charge is 0.417 e. The van der Waals surface area contributed by atoms with Crippen molar-refractivity contribution in [3.05, 3.63) is 64.0 Å². The fourth-order valence-corrected chi connectivity index (χ4v) is 5.81. The number of carbonyl (C=O) groups is 1. The molecule has 290 valence electrons. The summed E-state index contributed by atoms with van der Waals surface area (Å²) in [5, 5.41) is 0.0289. The minimum absolute atomic E-state index is 0.0289. The highest BCUT2D eigenvalue weighted by Crippen LogP contribution is 2.49. The number of aryl methyl sites for hydroxylation is 1. The summed E-state index contributed by atoms with van der Waals surface area (Å²) >= 11 is 0. The molecule has 5 nitrogen and oxygen atoms in total. The summed E-state index contributed by atoms with van der Waals surface area (Å²) in [6.07, 6.45) is -1.94. The van der Waals surface area contributed by atoms with Gasteiger partial charge in [0.25, 0.3) is 0 Å². The number of esters is 1. The Labute approximate surface area is 296 Å². The summed E-state index contributed by atoms with van der Waals surface area (Å²) in [5.74, 6) is -18.9. The van der Waals surface area contributed by atoms with Crippen LogP contribution in [0, 0.1) is 16.2 Å². The topological polar surface area (TPSA) is 65.7 Å². The number of fused-ring (bicyclic) bond motifs is 1. The molecular weight excluding hydrogens is 707 g/mol. The number of unbranched alkanes of at least 4 members (excludes halogenated alkanes) is 2. The van der Waals surface area contributed by atoms with Crippen LogP contribution in [-0.4, -0.2) is 37.0 Å². The molecule has 0 aliphatic rings. The largest absolute Gasteiger partial charge is 0.487 e. The van der Waals surface area contributed by atoms with Crippen molar-refractivity contribution in [2.24, 2.45) is 16.2 Å². The zero-order valence-corrected chi connectivity index (χ0v) is 30.4. The van der Waals surface area contributed by atoms with Crippen molar-refractivity contribution in [1.82, 2.24) is 0 Å². The molecule has 0 aliphatic carbocycles. The highest BCUT2D eigenvalue weighted by Gasteiger charge is 2.72. The second-order valence-corrected chi connectivity index (χ2v) is 15.6. The third-order valence-electron chi connectivity index (χ3n) is 9.17. The lowest BCUT2D eigenvalue weighted by molar-refractivity contribution is -0.323. The molecule has 3 rings (SSSR count). The number of alkyl halides is 9. The molecule has 0 radical (unpaired) electrons. The molecule has 0 aliphatic heterocycles. The Morgan fingerprint density at radius 1 is 0.750 bits per heavy atom. The summed E-state index contributed by atoms with van der Waals surface area (Å²) in [4.78, 5) is 25.8. The molecule has 0 spiro atoms. The van der Waals surface area contributed by atoms with Gasteiger partial charge in [0.1, 0.15) is 11.3 Å². The van der Waals surface area contributed by atoms with Crippen molar-refractivity contribution in [2.75, 3.05) is 13.2 Å². The first-order valence-corrected chi connectivity index (χ1v) is 16.8. The molecule has 1 unspecified atom stereocenters. The Balaban J connectivity index is 1.82. The Hall–Kier alpha value is -3.71. The Bertz CT molecular complexity index is 1780. The van der Waals surface area contributed by atoms with Crippen molar-refractivity contribution >= 4 is 16.9 Å². The van der Waals surface area contributed by atoms with Crippen LogP contribution < -0.4 is 10.4 Å². The normalized spacial score (nSPS) is 14.7. The fraction of sp³-hybridized carbons (Fsp3) is 0.579. The van der Waals surface area contributed by atoms with E-state index >= 15 is 0 Å². The van der Waals surface area contributed by atoms with Gasteiger partial charge in [0, 0.05) is 17.0 Å². The molecule has 0 saturated carbocycles. The lowest BCUT2D eigenvalue weighted by Gasteiger charge is -2.43. The Morgan fingerprint density at radius 2 is 1.37 bits per heavy atom. The Morgan fingerprint density at radius 3 is 1.92 bits per heavy atom. The average Bonchev–Trinajstić information content (AvgIpc) is 3.00. The fourth-order valence-electron chi connectivity index (χ4n) is 5.81. The van der Waals surface area contributed by atoms with Crippen LogP contribution in [0.25, 0.3) is 22.1 Å². The van der Waals surface area contributed by atoms with E-state index in [9.17, 15) is 49.1 Å². The van der Waals surface area contributed by atoms with Crippen LogP contribution in [0.4, 0.5) is 39.5 Å². The molecule has 1 aromatic heterocycles. The van der Waals surface area contributed by atoms with Crippen molar-refractivity contribution in [3.8, 4) is 16.9 Å². The number of ether oxygens (including phenoxy) is 2. The first kappa shape index (κ1) is 42.7. The third-order valence-corrected chi connectivity index (χ3v) is 9.17. The van der Waals surface area contributed by atoms with E-state index in [1.807, 2.05) is 6.92 Å². The van der Waals surface area contributed by atoms with Gasteiger partial charge in [-0.05, 0) is 66.8 Å². The van der Waals surface area contributed by atoms with Gasteiger partial charge in [-0.2, -0.15) is 39.5 Å². The maximum atomic E-state index is 14.8. The molecule has 0 saturated heterocycles. The van der Waals surface area contributed by atoms with Gasteiger partial charge in [0.2, 0.25) is 0 Å². The third kappa shape index (κ3) is 9.44. The van der Waals surface area contributed by atoms with Crippen LogP contribution >= 0.6 is 0 Å². The van der Waals surface area contributed by atoms with Crippen LogP contribution in [0.5, 0.6) is 5.75 Å². The Kier molecular flexibility index (Phi) is 12.3. The summed E-state index contributed by atoms with van der Waals surface area (Å²) in [6, 6.07) is 7.59. The van der Waals surface area contributed by atoms with Crippen LogP contribution in [0.3, 0.4) is 0 Å². The van der Waals surface area contributed by atoms with Gasteiger partial charge >= 0.3 is 35.5 Å². The van der Waals surface area contributed by atoms with Crippen molar-refractivity contribution in [3.63, 3.8) is 0 Å². The van der Waals surface area contributed by atoms with Crippen LogP contribution in [-0.2, 0) is 22.1 Å². The standard InChI is InChI=1S/C38H45F9O5/c1-9-10-11-12-23-13-16-26(28(17-23)37(43,44)45)27-18-24-14-15-25(19-29(24)52-30(27)48)50-21-35(39,40)38(46,47)36(41,42)22-51-31(49)34(8,33(5,6)7)20-32(2,3)4/h13-19H,9-12,20-22H2,1-8H3. The summed E-state index contributed by atoms with van der Waals surface area (Å²) in [5.41, 5.74) is -5.93. The van der Waals surface area contributed by atoms with Gasteiger partial charge in [-0.3, -0.25) is 4.79 Å². The van der Waals surface area contributed by atoms with Gasteiger partial charge in [-0.15, -0.1) is 0 Å². The van der Waals surface area contributed by atoms with Crippen LogP contribution in [0.1, 0.15) is 92.2 Å². The molecule has 2 aromatic carbocycles. The molecule has 0 fully saturated rings. The van der Waals surface area contributed by atoms with Crippen LogP contribution in [0.2, 0.25) is 0 Å². The molecule has 1 heterocycles. The maximum Gasteiger partial charge on any atom is 0.417 e. The van der Waals surface area contributed by atoms with Crippen molar-refractivity contribution in [2.45, 2.75) is 111 Å². The molecule has 3 aromatic rings. The van der Waals surface area contributed by atoms with Crippen molar-refractivity contribution in [1.29, 1.82) is 0 Å². The number of carbonyl (C=O) groups excluding carboxylic acids is 1.